The van der Waals surface area contributed by atoms with Crippen molar-refractivity contribution < 1.29 is 14.2 Å². The van der Waals surface area contributed by atoms with Crippen LogP contribution in [-0.4, -0.2) is 51.9 Å². The van der Waals surface area contributed by atoms with Crippen LogP contribution in [0.15, 0.2) is 17.1 Å². The number of nitrogens with one attached hydrogen (secondary N) is 2. The number of hydrogen-bond acceptors (Lipinski definition) is 5. The van der Waals surface area contributed by atoms with Crippen molar-refractivity contribution in [1.82, 2.24) is 10.6 Å². The standard InChI is InChI=1S/C18H29N3O3S.HI/c1-19-18(21-13-6-7-14(10-13)25-5)20-11-12-8-15(22-2)17(24-4)16(9-12)23-3;/h8-9,13-14H,6-7,10-11H2,1-5H3,(H2,19,20,21);1H. The molecule has 1 aliphatic rings. The number of thioether (sulfide) groups is 1. The van der Waals surface area contributed by atoms with Crippen molar-refractivity contribution in [3.63, 3.8) is 0 Å². The van der Waals surface area contributed by atoms with Gasteiger partial charge in [-0.2, -0.15) is 11.8 Å². The number of guanidine groups is 1. The Balaban J connectivity index is 0.00000338. The SMILES string of the molecule is CN=C(NCc1cc(OC)c(OC)c(OC)c1)NC1CCC(SC)C1.I. The Bertz CT molecular complexity index is 576. The molecule has 6 nitrogen and oxygen atoms in total. The first-order chi connectivity index (χ1) is 12.1. The zero-order chi connectivity index (χ0) is 18.2. The number of benzene rings is 1. The molecule has 1 fully saturated rings. The Morgan fingerprint density at radius 3 is 2.27 bits per heavy atom. The average molecular weight is 495 g/mol. The van der Waals surface area contributed by atoms with Crippen LogP contribution in [-0.2, 0) is 6.54 Å². The molecule has 0 amide bonds. The second-order valence-electron chi connectivity index (χ2n) is 5.97. The largest absolute Gasteiger partial charge is 0.493 e. The molecule has 0 aromatic heterocycles. The van der Waals surface area contributed by atoms with Crippen molar-refractivity contribution in [2.24, 2.45) is 4.99 Å². The minimum absolute atomic E-state index is 0. The highest BCUT2D eigenvalue weighted by Crippen LogP contribution is 2.38. The van der Waals surface area contributed by atoms with E-state index in [0.29, 0.717) is 29.8 Å². The molecule has 0 bridgehead atoms. The number of methoxy groups -OCH3 is 3. The maximum Gasteiger partial charge on any atom is 0.203 e. The maximum absolute atomic E-state index is 5.40. The summed E-state index contributed by atoms with van der Waals surface area (Å²) in [6.45, 7) is 0.620. The second kappa shape index (κ2) is 11.6. The van der Waals surface area contributed by atoms with Crippen LogP contribution in [0, 0.1) is 0 Å². The van der Waals surface area contributed by atoms with Crippen molar-refractivity contribution in [2.45, 2.75) is 37.1 Å². The number of hydrogen-bond donors (Lipinski definition) is 2. The molecule has 1 aliphatic carbocycles. The van der Waals surface area contributed by atoms with E-state index < -0.39 is 0 Å². The molecule has 8 heteroatoms. The smallest absolute Gasteiger partial charge is 0.203 e. The zero-order valence-corrected chi connectivity index (χ0v) is 19.3. The van der Waals surface area contributed by atoms with E-state index in [0.717, 1.165) is 16.8 Å². The third-order valence-electron chi connectivity index (χ3n) is 4.47. The fourth-order valence-electron chi connectivity index (χ4n) is 3.10. The molecule has 0 spiro atoms. The van der Waals surface area contributed by atoms with Gasteiger partial charge in [-0.25, -0.2) is 0 Å². The number of ether oxygens (including phenoxy) is 3. The molecule has 26 heavy (non-hydrogen) atoms. The predicted octanol–water partition coefficient (Wildman–Crippen LogP) is 3.28. The van der Waals surface area contributed by atoms with Crippen molar-refractivity contribution in [1.29, 1.82) is 0 Å². The zero-order valence-electron chi connectivity index (χ0n) is 16.1. The van der Waals surface area contributed by atoms with E-state index in [1.807, 2.05) is 23.9 Å². The quantitative estimate of drug-likeness (QED) is 0.344. The summed E-state index contributed by atoms with van der Waals surface area (Å²) < 4.78 is 16.2. The molecule has 148 valence electrons. The summed E-state index contributed by atoms with van der Waals surface area (Å²) >= 11 is 1.95. The lowest BCUT2D eigenvalue weighted by Gasteiger charge is -2.18. The molecule has 0 aliphatic heterocycles. The van der Waals surface area contributed by atoms with Gasteiger partial charge < -0.3 is 24.8 Å². The van der Waals surface area contributed by atoms with E-state index in [4.69, 9.17) is 14.2 Å². The molecule has 1 aromatic rings. The van der Waals surface area contributed by atoms with Gasteiger partial charge in [0.25, 0.3) is 0 Å². The first-order valence-corrected chi connectivity index (χ1v) is 9.72. The summed E-state index contributed by atoms with van der Waals surface area (Å²) in [5.74, 6) is 2.73. The number of halogens is 1. The third-order valence-corrected chi connectivity index (χ3v) is 5.56. The highest BCUT2D eigenvalue weighted by Gasteiger charge is 2.24. The van der Waals surface area contributed by atoms with Gasteiger partial charge >= 0.3 is 0 Å². The molecule has 2 unspecified atom stereocenters. The molecule has 1 saturated carbocycles. The van der Waals surface area contributed by atoms with Gasteiger partial charge in [0.05, 0.1) is 21.3 Å². The number of nitrogens with zero attached hydrogens (tertiary/aromatic N) is 1. The van der Waals surface area contributed by atoms with Gasteiger partial charge in [-0.15, -0.1) is 24.0 Å². The highest BCUT2D eigenvalue weighted by atomic mass is 127. The summed E-state index contributed by atoms with van der Waals surface area (Å²) in [6.07, 6.45) is 5.83. The lowest BCUT2D eigenvalue weighted by atomic mass is 10.2. The first kappa shape index (κ1) is 23.0. The summed E-state index contributed by atoms with van der Waals surface area (Å²) in [5, 5.41) is 7.64. The van der Waals surface area contributed by atoms with Crippen LogP contribution in [0.4, 0.5) is 0 Å². The predicted molar refractivity (Wildman–Crippen MR) is 120 cm³/mol. The van der Waals surface area contributed by atoms with Gasteiger partial charge in [-0.3, -0.25) is 4.99 Å². The van der Waals surface area contributed by atoms with E-state index in [2.05, 4.69) is 21.9 Å². The van der Waals surface area contributed by atoms with Crippen LogP contribution < -0.4 is 24.8 Å². The van der Waals surface area contributed by atoms with Crippen LogP contribution in [0.25, 0.3) is 0 Å². The molecule has 2 atom stereocenters. The number of aliphatic imine (C=N–C) groups is 1. The molecule has 0 saturated heterocycles. The van der Waals surface area contributed by atoms with Gasteiger partial charge in [0, 0.05) is 24.9 Å². The first-order valence-electron chi connectivity index (χ1n) is 8.44. The van der Waals surface area contributed by atoms with Gasteiger partial charge in [0.1, 0.15) is 0 Å². The summed E-state index contributed by atoms with van der Waals surface area (Å²) in [5.41, 5.74) is 1.03. The van der Waals surface area contributed by atoms with Crippen molar-refractivity contribution in [3.05, 3.63) is 17.7 Å². The summed E-state index contributed by atoms with van der Waals surface area (Å²) in [4.78, 5) is 4.34. The fraction of sp³-hybridized carbons (Fsp3) is 0.611. The van der Waals surface area contributed by atoms with Crippen LogP contribution in [0.3, 0.4) is 0 Å². The third kappa shape index (κ3) is 6.00. The molecular weight excluding hydrogens is 465 g/mol. The second-order valence-corrected chi connectivity index (χ2v) is 7.11. The maximum atomic E-state index is 5.40. The van der Waals surface area contributed by atoms with Gasteiger partial charge in [0.15, 0.2) is 17.5 Å². The van der Waals surface area contributed by atoms with Crippen molar-refractivity contribution in [2.75, 3.05) is 34.6 Å². The fourth-order valence-corrected chi connectivity index (χ4v) is 3.89. The Hall–Kier alpha value is -1.03. The average Bonchev–Trinajstić information content (AvgIpc) is 3.11. The Labute approximate surface area is 177 Å². The topological polar surface area (TPSA) is 64.1 Å². The molecule has 0 heterocycles. The molecule has 0 radical (unpaired) electrons. The van der Waals surface area contributed by atoms with E-state index in [9.17, 15) is 0 Å². The van der Waals surface area contributed by atoms with Crippen LogP contribution >= 0.6 is 35.7 Å². The number of rotatable bonds is 7. The van der Waals surface area contributed by atoms with E-state index in [1.165, 1.54) is 19.3 Å². The van der Waals surface area contributed by atoms with Crippen LogP contribution in [0.5, 0.6) is 17.2 Å². The molecular formula is C18H30IN3O3S. The summed E-state index contributed by atoms with van der Waals surface area (Å²) in [7, 11) is 6.65. The highest BCUT2D eigenvalue weighted by molar-refractivity contribution is 14.0. The van der Waals surface area contributed by atoms with Gasteiger partial charge in [-0.05, 0) is 43.2 Å². The monoisotopic (exact) mass is 495 g/mol. The normalized spacial score (nSPS) is 19.5. The lowest BCUT2D eigenvalue weighted by Crippen LogP contribution is -2.42. The minimum Gasteiger partial charge on any atom is -0.493 e. The summed E-state index contributed by atoms with van der Waals surface area (Å²) in [6, 6.07) is 4.38. The van der Waals surface area contributed by atoms with E-state index in [-0.39, 0.29) is 24.0 Å². The Morgan fingerprint density at radius 1 is 1.15 bits per heavy atom. The minimum atomic E-state index is 0. The van der Waals surface area contributed by atoms with Crippen molar-refractivity contribution in [3.8, 4) is 17.2 Å². The van der Waals surface area contributed by atoms with E-state index in [1.54, 1.807) is 28.4 Å². The van der Waals surface area contributed by atoms with Crippen LogP contribution in [0.1, 0.15) is 24.8 Å². The van der Waals surface area contributed by atoms with E-state index >= 15 is 0 Å². The van der Waals surface area contributed by atoms with Gasteiger partial charge in [-0.1, -0.05) is 0 Å². The molecule has 2 rings (SSSR count). The molecule has 2 N–H and O–H groups in total. The molecule has 1 aromatic carbocycles. The van der Waals surface area contributed by atoms with Crippen molar-refractivity contribution >= 4 is 41.7 Å². The van der Waals surface area contributed by atoms with Crippen LogP contribution in [0.2, 0.25) is 0 Å². The Kier molecular flexibility index (Phi) is 10.3. The Morgan fingerprint density at radius 2 is 1.81 bits per heavy atom. The lowest BCUT2D eigenvalue weighted by molar-refractivity contribution is 0.323. The van der Waals surface area contributed by atoms with Gasteiger partial charge in [0.2, 0.25) is 5.75 Å².